The largest absolute Gasteiger partial charge is 0.354 e. The van der Waals surface area contributed by atoms with Crippen molar-refractivity contribution in [2.24, 2.45) is 0 Å². The highest BCUT2D eigenvalue weighted by atomic mass is 16.5. The summed E-state index contributed by atoms with van der Waals surface area (Å²) in [6.45, 7) is 7.50. The lowest BCUT2D eigenvalue weighted by Crippen LogP contribution is -2.17. The predicted octanol–water partition coefficient (Wildman–Crippen LogP) is 2.33. The number of nitrogens with one attached hydrogen (secondary N) is 1. The smallest absolute Gasteiger partial charge is 0.228 e. The van der Waals surface area contributed by atoms with E-state index in [1.54, 1.807) is 0 Å². The van der Waals surface area contributed by atoms with Gasteiger partial charge in [-0.15, -0.1) is 0 Å². The van der Waals surface area contributed by atoms with Gasteiger partial charge in [-0.1, -0.05) is 25.9 Å². The Labute approximate surface area is 78.5 Å². The van der Waals surface area contributed by atoms with E-state index < -0.39 is 0 Å². The van der Waals surface area contributed by atoms with Crippen LogP contribution in [0.25, 0.3) is 0 Å². The van der Waals surface area contributed by atoms with Crippen molar-refractivity contribution in [1.82, 2.24) is 5.16 Å². The lowest BCUT2D eigenvalue weighted by atomic mass is 9.87. The van der Waals surface area contributed by atoms with Crippen LogP contribution in [0.1, 0.15) is 38.4 Å². The van der Waals surface area contributed by atoms with Gasteiger partial charge < -0.3 is 9.84 Å². The van der Waals surface area contributed by atoms with Crippen LogP contribution in [0.3, 0.4) is 0 Å². The molecule has 1 N–H and O–H groups in total. The van der Waals surface area contributed by atoms with Crippen LogP contribution in [-0.4, -0.2) is 11.7 Å². The van der Waals surface area contributed by atoms with Crippen molar-refractivity contribution < 1.29 is 4.52 Å². The Hall–Kier alpha value is -0.990. The molecule has 72 valence electrons. The molecule has 0 amide bonds. The number of fused-ring (bicyclic) bond motifs is 1. The molecule has 1 aliphatic heterocycles. The van der Waals surface area contributed by atoms with Crippen molar-refractivity contribution in [2.45, 2.75) is 39.0 Å². The van der Waals surface area contributed by atoms with Gasteiger partial charge in [-0.2, -0.15) is 0 Å². The van der Waals surface area contributed by atoms with E-state index in [4.69, 9.17) is 4.52 Å². The highest BCUT2D eigenvalue weighted by Crippen LogP contribution is 2.32. The fourth-order valence-electron chi connectivity index (χ4n) is 1.74. The number of hydrogen-bond acceptors (Lipinski definition) is 3. The van der Waals surface area contributed by atoms with Gasteiger partial charge in [-0.05, 0) is 12.8 Å². The van der Waals surface area contributed by atoms with Crippen molar-refractivity contribution in [3.63, 3.8) is 0 Å². The second kappa shape index (κ2) is 2.76. The minimum atomic E-state index is 0.0934. The van der Waals surface area contributed by atoms with E-state index in [9.17, 15) is 0 Å². The van der Waals surface area contributed by atoms with E-state index in [1.807, 2.05) is 0 Å². The van der Waals surface area contributed by atoms with Crippen LogP contribution in [0.2, 0.25) is 0 Å². The molecule has 3 nitrogen and oxygen atoms in total. The van der Waals surface area contributed by atoms with Gasteiger partial charge in [0.1, 0.15) is 0 Å². The number of anilines is 1. The van der Waals surface area contributed by atoms with Crippen LogP contribution in [0.4, 0.5) is 5.88 Å². The SMILES string of the molecule is CC(C)(C)c1noc2c1CCCN2. The highest BCUT2D eigenvalue weighted by Gasteiger charge is 2.27. The molecule has 0 fully saturated rings. The monoisotopic (exact) mass is 180 g/mol. The molecule has 0 saturated carbocycles. The number of rotatable bonds is 0. The summed E-state index contributed by atoms with van der Waals surface area (Å²) >= 11 is 0. The molecule has 0 atom stereocenters. The molecule has 0 saturated heterocycles. The molecular formula is C10H16N2O. The third-order valence-electron chi connectivity index (χ3n) is 2.39. The molecule has 13 heavy (non-hydrogen) atoms. The first kappa shape index (κ1) is 8.60. The van der Waals surface area contributed by atoms with Crippen LogP contribution >= 0.6 is 0 Å². The van der Waals surface area contributed by atoms with E-state index in [1.165, 1.54) is 12.0 Å². The van der Waals surface area contributed by atoms with Crippen LogP contribution in [0.15, 0.2) is 4.52 Å². The van der Waals surface area contributed by atoms with Gasteiger partial charge in [0.2, 0.25) is 5.88 Å². The second-order valence-corrected chi connectivity index (χ2v) is 4.62. The summed E-state index contributed by atoms with van der Waals surface area (Å²) in [5.74, 6) is 0.885. The Morgan fingerprint density at radius 1 is 1.38 bits per heavy atom. The lowest BCUT2D eigenvalue weighted by Gasteiger charge is -2.18. The molecule has 0 aromatic carbocycles. The van der Waals surface area contributed by atoms with Crippen molar-refractivity contribution in [3.05, 3.63) is 11.3 Å². The van der Waals surface area contributed by atoms with Gasteiger partial charge in [0.25, 0.3) is 0 Å². The van der Waals surface area contributed by atoms with Gasteiger partial charge in [0.15, 0.2) is 0 Å². The van der Waals surface area contributed by atoms with E-state index in [-0.39, 0.29) is 5.41 Å². The first-order chi connectivity index (χ1) is 6.09. The highest BCUT2D eigenvalue weighted by molar-refractivity contribution is 5.47. The van der Waals surface area contributed by atoms with Crippen LogP contribution < -0.4 is 5.32 Å². The first-order valence-corrected chi connectivity index (χ1v) is 4.82. The third kappa shape index (κ3) is 1.43. The molecule has 3 heteroatoms. The topological polar surface area (TPSA) is 38.1 Å². The maximum Gasteiger partial charge on any atom is 0.228 e. The summed E-state index contributed by atoms with van der Waals surface area (Å²) in [5, 5.41) is 7.36. The Morgan fingerprint density at radius 3 is 2.85 bits per heavy atom. The van der Waals surface area contributed by atoms with E-state index in [2.05, 4.69) is 31.2 Å². The maximum atomic E-state index is 5.25. The number of nitrogens with zero attached hydrogens (tertiary/aromatic N) is 1. The van der Waals surface area contributed by atoms with Crippen molar-refractivity contribution in [1.29, 1.82) is 0 Å². The third-order valence-corrected chi connectivity index (χ3v) is 2.39. The summed E-state index contributed by atoms with van der Waals surface area (Å²) in [5.41, 5.74) is 2.48. The van der Waals surface area contributed by atoms with Crippen molar-refractivity contribution >= 4 is 5.88 Å². The van der Waals surface area contributed by atoms with Gasteiger partial charge in [0.05, 0.1) is 5.69 Å². The fraction of sp³-hybridized carbons (Fsp3) is 0.700. The van der Waals surface area contributed by atoms with Gasteiger partial charge >= 0.3 is 0 Å². The minimum absolute atomic E-state index is 0.0934. The van der Waals surface area contributed by atoms with E-state index >= 15 is 0 Å². The zero-order chi connectivity index (χ0) is 9.47. The predicted molar refractivity (Wildman–Crippen MR) is 52.0 cm³/mol. The molecular weight excluding hydrogens is 164 g/mol. The zero-order valence-electron chi connectivity index (χ0n) is 8.48. The maximum absolute atomic E-state index is 5.25. The zero-order valence-corrected chi connectivity index (χ0v) is 8.48. The fourth-order valence-corrected chi connectivity index (χ4v) is 1.74. The average molecular weight is 180 g/mol. The molecule has 2 heterocycles. The van der Waals surface area contributed by atoms with Gasteiger partial charge in [-0.3, -0.25) is 0 Å². The Kier molecular flexibility index (Phi) is 1.82. The number of aromatic nitrogens is 1. The first-order valence-electron chi connectivity index (χ1n) is 4.82. The second-order valence-electron chi connectivity index (χ2n) is 4.62. The summed E-state index contributed by atoms with van der Waals surface area (Å²) in [6, 6.07) is 0. The standard InChI is InChI=1S/C10H16N2O/c1-10(2,3)8-7-5-4-6-11-9(7)13-12-8/h11H,4-6H2,1-3H3. The number of hydrogen-bond donors (Lipinski definition) is 1. The molecule has 1 aromatic rings. The summed E-state index contributed by atoms with van der Waals surface area (Å²) in [6.07, 6.45) is 2.27. The lowest BCUT2D eigenvalue weighted by molar-refractivity contribution is 0.402. The van der Waals surface area contributed by atoms with E-state index in [0.29, 0.717) is 0 Å². The van der Waals surface area contributed by atoms with Gasteiger partial charge in [-0.25, -0.2) is 0 Å². The minimum Gasteiger partial charge on any atom is -0.354 e. The van der Waals surface area contributed by atoms with Crippen LogP contribution in [0, 0.1) is 0 Å². The molecule has 0 unspecified atom stereocenters. The molecule has 0 radical (unpaired) electrons. The molecule has 1 aromatic heterocycles. The Morgan fingerprint density at radius 2 is 2.15 bits per heavy atom. The van der Waals surface area contributed by atoms with Crippen molar-refractivity contribution in [3.8, 4) is 0 Å². The van der Waals surface area contributed by atoms with Crippen LogP contribution in [0.5, 0.6) is 0 Å². The Balaban J connectivity index is 2.43. The Bertz CT molecular complexity index is 309. The average Bonchev–Trinajstić information content (AvgIpc) is 2.45. The van der Waals surface area contributed by atoms with Crippen molar-refractivity contribution in [2.75, 3.05) is 11.9 Å². The molecule has 0 spiro atoms. The molecule has 0 aliphatic carbocycles. The summed E-state index contributed by atoms with van der Waals surface area (Å²) < 4.78 is 5.25. The quantitative estimate of drug-likeness (QED) is 0.666. The van der Waals surface area contributed by atoms with Crippen LogP contribution in [-0.2, 0) is 11.8 Å². The molecule has 1 aliphatic rings. The van der Waals surface area contributed by atoms with Gasteiger partial charge in [0, 0.05) is 17.5 Å². The molecule has 2 rings (SSSR count). The van der Waals surface area contributed by atoms with E-state index in [0.717, 1.165) is 24.5 Å². The molecule has 0 bridgehead atoms. The summed E-state index contributed by atoms with van der Waals surface area (Å²) in [4.78, 5) is 0. The normalized spacial score (nSPS) is 16.5. The summed E-state index contributed by atoms with van der Waals surface area (Å²) in [7, 11) is 0.